The molecule has 0 bridgehead atoms. The summed E-state index contributed by atoms with van der Waals surface area (Å²) in [5.41, 5.74) is -2.69. The maximum Gasteiger partial charge on any atom is 0.312 e. The second-order valence-corrected chi connectivity index (χ2v) is 7.21. The van der Waals surface area contributed by atoms with E-state index >= 15 is 0 Å². The minimum absolute atomic E-state index is 0.0201. The SMILES string of the molecule is [O-][N+]1=C2CCCCC2=C(c2ccccc2)CC1(O)c1c(F)c(F)c(F)c(F)c1F. The van der Waals surface area contributed by atoms with Gasteiger partial charge in [0.1, 0.15) is 5.56 Å². The van der Waals surface area contributed by atoms with Crippen LogP contribution in [0.4, 0.5) is 22.0 Å². The normalized spacial score (nSPS) is 22.1. The Bertz CT molecular complexity index is 1040. The molecule has 4 rings (SSSR count). The Balaban J connectivity index is 2.00. The lowest BCUT2D eigenvalue weighted by Gasteiger charge is -2.36. The quantitative estimate of drug-likeness (QED) is 0.252. The van der Waals surface area contributed by atoms with Gasteiger partial charge in [0.2, 0.25) is 5.82 Å². The maximum atomic E-state index is 14.5. The molecular weight excluding hydrogens is 393 g/mol. The van der Waals surface area contributed by atoms with Gasteiger partial charge in [-0.25, -0.2) is 22.0 Å². The third-order valence-corrected chi connectivity index (χ3v) is 5.54. The largest absolute Gasteiger partial charge is 0.621 e. The molecule has 0 aromatic heterocycles. The number of fused-ring (bicyclic) bond motifs is 1. The fourth-order valence-corrected chi connectivity index (χ4v) is 4.15. The van der Waals surface area contributed by atoms with E-state index in [4.69, 9.17) is 0 Å². The van der Waals surface area contributed by atoms with E-state index in [2.05, 4.69) is 0 Å². The molecule has 1 heterocycles. The van der Waals surface area contributed by atoms with Crippen molar-refractivity contribution in [2.75, 3.05) is 0 Å². The lowest BCUT2D eigenvalue weighted by molar-refractivity contribution is -0.621. The molecule has 0 saturated heterocycles. The van der Waals surface area contributed by atoms with E-state index in [0.717, 1.165) is 6.42 Å². The van der Waals surface area contributed by atoms with Crippen molar-refractivity contribution in [3.63, 3.8) is 0 Å². The summed E-state index contributed by atoms with van der Waals surface area (Å²) in [6, 6.07) is 8.58. The van der Waals surface area contributed by atoms with Gasteiger partial charge in [-0.2, -0.15) is 4.74 Å². The van der Waals surface area contributed by atoms with Crippen molar-refractivity contribution in [3.8, 4) is 0 Å². The molecule has 29 heavy (non-hydrogen) atoms. The minimum atomic E-state index is -2.97. The molecule has 2 aromatic carbocycles. The Morgan fingerprint density at radius 2 is 1.34 bits per heavy atom. The average molecular weight is 409 g/mol. The van der Waals surface area contributed by atoms with Crippen molar-refractivity contribution in [1.82, 2.24) is 0 Å². The van der Waals surface area contributed by atoms with Crippen molar-refractivity contribution in [2.45, 2.75) is 37.8 Å². The third-order valence-electron chi connectivity index (χ3n) is 5.54. The number of rotatable bonds is 2. The molecule has 1 aliphatic carbocycles. The van der Waals surface area contributed by atoms with E-state index in [1.165, 1.54) is 0 Å². The molecule has 1 aliphatic heterocycles. The fourth-order valence-electron chi connectivity index (χ4n) is 4.15. The van der Waals surface area contributed by atoms with Crippen LogP contribution in [0.3, 0.4) is 0 Å². The Morgan fingerprint density at radius 1 is 0.793 bits per heavy atom. The second-order valence-electron chi connectivity index (χ2n) is 7.21. The maximum absolute atomic E-state index is 14.5. The van der Waals surface area contributed by atoms with Crippen LogP contribution in [-0.4, -0.2) is 15.6 Å². The summed E-state index contributed by atoms with van der Waals surface area (Å²) >= 11 is 0. The van der Waals surface area contributed by atoms with Crippen molar-refractivity contribution in [3.05, 3.63) is 81.3 Å². The second kappa shape index (κ2) is 6.95. The monoisotopic (exact) mass is 409 g/mol. The summed E-state index contributed by atoms with van der Waals surface area (Å²) < 4.78 is 70.1. The molecule has 0 amide bonds. The molecule has 1 saturated carbocycles. The van der Waals surface area contributed by atoms with Gasteiger partial charge in [-0.1, -0.05) is 30.3 Å². The van der Waals surface area contributed by atoms with Gasteiger partial charge >= 0.3 is 5.72 Å². The van der Waals surface area contributed by atoms with Gasteiger partial charge in [0.15, 0.2) is 29.0 Å². The first kappa shape index (κ1) is 19.6. The fraction of sp³-hybridized carbons (Fsp3) is 0.286. The molecule has 3 nitrogen and oxygen atoms in total. The zero-order chi connectivity index (χ0) is 20.9. The van der Waals surface area contributed by atoms with Crippen LogP contribution >= 0.6 is 0 Å². The highest BCUT2D eigenvalue weighted by atomic mass is 19.2. The van der Waals surface area contributed by atoms with Crippen molar-refractivity contribution in [1.29, 1.82) is 0 Å². The van der Waals surface area contributed by atoms with E-state index in [-0.39, 0.29) is 16.9 Å². The van der Waals surface area contributed by atoms with Crippen molar-refractivity contribution in [2.24, 2.45) is 0 Å². The van der Waals surface area contributed by atoms with Gasteiger partial charge in [0.05, 0.1) is 6.42 Å². The van der Waals surface area contributed by atoms with Gasteiger partial charge < -0.3 is 10.3 Å². The number of hydrogen-bond donors (Lipinski definition) is 1. The van der Waals surface area contributed by atoms with E-state index in [0.29, 0.717) is 29.6 Å². The minimum Gasteiger partial charge on any atom is -0.621 e. The number of nitrogens with zero attached hydrogens (tertiary/aromatic N) is 1. The van der Waals surface area contributed by atoms with Crippen LogP contribution in [0.5, 0.6) is 0 Å². The number of hydroxylamine groups is 1. The van der Waals surface area contributed by atoms with Crippen LogP contribution in [-0.2, 0) is 5.72 Å². The number of halogens is 5. The van der Waals surface area contributed by atoms with Crippen LogP contribution in [0.1, 0.15) is 43.2 Å². The van der Waals surface area contributed by atoms with E-state index in [1.807, 2.05) is 0 Å². The number of hydrogen-bond acceptors (Lipinski definition) is 2. The van der Waals surface area contributed by atoms with Crippen LogP contribution in [0.2, 0.25) is 0 Å². The zero-order valence-corrected chi connectivity index (χ0v) is 15.1. The molecule has 1 fully saturated rings. The standard InChI is InChI=1S/C21H16F5NO2/c22-16-15(17(23)19(25)20(26)18(16)24)21(28)10-13(11-6-2-1-3-7-11)12-8-4-5-9-14(12)27(21)29/h1-3,6-7,28H,4-5,8-10H2. The van der Waals surface area contributed by atoms with E-state index in [1.54, 1.807) is 30.3 Å². The van der Waals surface area contributed by atoms with Gasteiger partial charge in [0, 0.05) is 12.0 Å². The summed E-state index contributed by atoms with van der Waals surface area (Å²) in [4.78, 5) is 0. The molecule has 1 N–H and O–H groups in total. The zero-order valence-electron chi connectivity index (χ0n) is 15.1. The Morgan fingerprint density at radius 3 is 1.97 bits per heavy atom. The van der Waals surface area contributed by atoms with Crippen LogP contribution in [0.25, 0.3) is 5.57 Å². The Kier molecular flexibility index (Phi) is 4.69. The van der Waals surface area contributed by atoms with E-state index in [9.17, 15) is 32.3 Å². The summed E-state index contributed by atoms with van der Waals surface area (Å²) in [6.07, 6.45) is 1.52. The number of allylic oxidation sites excluding steroid dienone is 1. The predicted octanol–water partition coefficient (Wildman–Crippen LogP) is 4.91. The van der Waals surface area contributed by atoms with Gasteiger partial charge in [-0.05, 0) is 30.4 Å². The number of aliphatic hydroxyl groups is 1. The first-order valence-corrected chi connectivity index (χ1v) is 9.12. The third kappa shape index (κ3) is 2.85. The highest BCUT2D eigenvalue weighted by molar-refractivity contribution is 6.05. The predicted molar refractivity (Wildman–Crippen MR) is 95.2 cm³/mol. The summed E-state index contributed by atoms with van der Waals surface area (Å²) in [5.74, 6) is -11.2. The van der Waals surface area contributed by atoms with E-state index < -0.39 is 46.8 Å². The lowest BCUT2D eigenvalue weighted by atomic mass is 9.78. The van der Waals surface area contributed by atoms with Gasteiger partial charge in [-0.3, -0.25) is 0 Å². The molecule has 0 spiro atoms. The molecule has 152 valence electrons. The molecule has 1 atom stereocenters. The van der Waals surface area contributed by atoms with Crippen LogP contribution in [0.15, 0.2) is 35.9 Å². The summed E-state index contributed by atoms with van der Waals surface area (Å²) in [7, 11) is 0. The highest BCUT2D eigenvalue weighted by Gasteiger charge is 2.52. The van der Waals surface area contributed by atoms with Crippen molar-refractivity contribution >= 4 is 11.3 Å². The molecular formula is C21H16F5NO2. The Labute approximate surface area is 163 Å². The molecule has 1 unspecified atom stereocenters. The smallest absolute Gasteiger partial charge is 0.312 e. The lowest BCUT2D eigenvalue weighted by Crippen LogP contribution is -2.46. The topological polar surface area (TPSA) is 46.3 Å². The number of benzene rings is 2. The highest BCUT2D eigenvalue weighted by Crippen LogP contribution is 2.45. The first-order valence-electron chi connectivity index (χ1n) is 9.12. The molecule has 0 radical (unpaired) electrons. The average Bonchev–Trinajstić information content (AvgIpc) is 2.74. The van der Waals surface area contributed by atoms with Crippen LogP contribution < -0.4 is 0 Å². The Hall–Kier alpha value is -2.74. The first-order chi connectivity index (χ1) is 13.8. The molecule has 8 heteroatoms. The van der Waals surface area contributed by atoms with Gasteiger partial charge in [0.25, 0.3) is 0 Å². The molecule has 2 aromatic rings. The summed E-state index contributed by atoms with van der Waals surface area (Å²) in [6.45, 7) is 0. The summed E-state index contributed by atoms with van der Waals surface area (Å²) in [5, 5.41) is 24.1. The van der Waals surface area contributed by atoms with Crippen molar-refractivity contribution < 1.29 is 31.8 Å². The van der Waals surface area contributed by atoms with Gasteiger partial charge in [-0.15, -0.1) is 0 Å². The molecule has 2 aliphatic rings. The van der Waals surface area contributed by atoms with Crippen LogP contribution in [0, 0.1) is 34.3 Å².